The minimum Gasteiger partial charge on any atom is -0.480 e. The van der Waals surface area contributed by atoms with Gasteiger partial charge in [0.25, 0.3) is 0 Å². The number of aliphatic hydroxyl groups is 1. The fraction of sp³-hybridized carbons (Fsp3) is 0.800. The molecule has 0 saturated heterocycles. The molecule has 318 valence electrons. The molecular weight excluding hydrogens is 755 g/mol. The van der Waals surface area contributed by atoms with Crippen molar-refractivity contribution in [3.05, 3.63) is 0 Å². The Labute approximate surface area is 334 Å². The number of hydrogen-bond acceptors (Lipinski definition) is 13. The van der Waals surface area contributed by atoms with Gasteiger partial charge in [-0.2, -0.15) is 24.4 Å². The smallest absolute Gasteiger partial charge is 0.326 e. The van der Waals surface area contributed by atoms with E-state index in [9.17, 15) is 43.8 Å². The van der Waals surface area contributed by atoms with Crippen LogP contribution in [0.5, 0.6) is 0 Å². The summed E-state index contributed by atoms with van der Waals surface area (Å²) in [5.41, 5.74) is 17.1. The molecule has 0 saturated carbocycles. The molecule has 20 heteroatoms. The second-order valence-electron chi connectivity index (χ2n) is 14.0. The molecule has 0 aliphatic rings. The molecule has 0 fully saturated rings. The molecule has 14 N–H and O–H groups in total. The number of hydrogen-bond donors (Lipinski definition) is 12. The molecule has 0 rings (SSSR count). The molecule has 18 nitrogen and oxygen atoms in total. The highest BCUT2D eigenvalue weighted by atomic mass is 32.2. The summed E-state index contributed by atoms with van der Waals surface area (Å²) in [7, 11) is 0. The maximum absolute atomic E-state index is 13.6. The first-order valence-corrected chi connectivity index (χ1v) is 20.9. The summed E-state index contributed by atoms with van der Waals surface area (Å²) in [6.45, 7) is 8.94. The van der Waals surface area contributed by atoms with Gasteiger partial charge in [0.2, 0.25) is 35.4 Å². The zero-order valence-electron chi connectivity index (χ0n) is 33.1. The van der Waals surface area contributed by atoms with E-state index in [4.69, 9.17) is 17.2 Å². The SMILES string of the molecule is CCC(C)C(NC(=O)C(NC(=O)C(CS)NC(=O)C(CCCCN)NC(=O)C(NC(=O)C(N)CCCCN)C(C)O)C(C)C)C(=O)NC(CCSC)C(=O)O. The first-order valence-electron chi connectivity index (χ1n) is 18.9. The molecule has 0 spiro atoms. The van der Waals surface area contributed by atoms with Crippen molar-refractivity contribution < 1.29 is 43.8 Å². The summed E-state index contributed by atoms with van der Waals surface area (Å²) in [6.07, 6.45) is 3.71. The molecule has 55 heavy (non-hydrogen) atoms. The predicted molar refractivity (Wildman–Crippen MR) is 216 cm³/mol. The standard InChI is InChI=1S/C35H67N9O9S2/c1-7-20(4)27(33(50)40-24(35(52)53)14-17-55-6)43-32(49)26(19(2)3)42-31(48)25(18-54)41-30(47)23(13-9-11-16-37)39-34(51)28(21(5)45)44-29(46)22(38)12-8-10-15-36/h19-28,45,54H,7-18,36-38H2,1-6H3,(H,39,51)(H,40,50)(H,41,47)(H,42,48)(H,43,49)(H,44,46)(H,52,53). The van der Waals surface area contributed by atoms with Crippen LogP contribution in [0.2, 0.25) is 0 Å². The van der Waals surface area contributed by atoms with Crippen LogP contribution in [0.1, 0.15) is 86.0 Å². The molecule has 0 radical (unpaired) electrons. The molecule has 0 aromatic heterocycles. The van der Waals surface area contributed by atoms with Crippen molar-refractivity contribution in [2.45, 2.75) is 134 Å². The van der Waals surface area contributed by atoms with Crippen LogP contribution < -0.4 is 49.1 Å². The second kappa shape index (κ2) is 28.3. The van der Waals surface area contributed by atoms with Crippen LogP contribution in [-0.2, 0) is 33.6 Å². The topological polar surface area (TPSA) is 310 Å². The van der Waals surface area contributed by atoms with Crippen LogP contribution in [0, 0.1) is 11.8 Å². The van der Waals surface area contributed by atoms with Gasteiger partial charge in [0.1, 0.15) is 36.3 Å². The Bertz CT molecular complexity index is 1230. The van der Waals surface area contributed by atoms with Crippen LogP contribution in [-0.4, -0.2) is 131 Å². The normalized spacial score (nSPS) is 16.2. The lowest BCUT2D eigenvalue weighted by molar-refractivity contribution is -0.142. The molecule has 0 aliphatic heterocycles. The number of nitrogens with one attached hydrogen (secondary N) is 6. The van der Waals surface area contributed by atoms with Crippen molar-refractivity contribution in [1.29, 1.82) is 0 Å². The molecule has 0 aromatic carbocycles. The van der Waals surface area contributed by atoms with E-state index < -0.39 is 102 Å². The van der Waals surface area contributed by atoms with E-state index in [0.29, 0.717) is 57.4 Å². The van der Waals surface area contributed by atoms with Gasteiger partial charge < -0.3 is 59.3 Å². The van der Waals surface area contributed by atoms with Crippen molar-refractivity contribution >= 4 is 65.8 Å². The average molecular weight is 822 g/mol. The van der Waals surface area contributed by atoms with Crippen LogP contribution in [0.25, 0.3) is 0 Å². The fourth-order valence-electron chi connectivity index (χ4n) is 5.28. The van der Waals surface area contributed by atoms with Gasteiger partial charge in [-0.25, -0.2) is 4.79 Å². The molecule has 0 aromatic rings. The summed E-state index contributed by atoms with van der Waals surface area (Å²) in [6, 6.07) is -8.32. The van der Waals surface area contributed by atoms with Gasteiger partial charge in [-0.15, -0.1) is 0 Å². The number of carboxylic acids is 1. The van der Waals surface area contributed by atoms with Crippen molar-refractivity contribution in [3.8, 4) is 0 Å². The van der Waals surface area contributed by atoms with Gasteiger partial charge in [-0.1, -0.05) is 40.5 Å². The highest BCUT2D eigenvalue weighted by Gasteiger charge is 2.36. The number of aliphatic hydroxyl groups excluding tert-OH is 1. The summed E-state index contributed by atoms with van der Waals surface area (Å²) in [5, 5.41) is 35.4. The molecule has 9 atom stereocenters. The minimum atomic E-state index is -1.45. The Morgan fingerprint density at radius 2 is 1.11 bits per heavy atom. The van der Waals surface area contributed by atoms with E-state index in [-0.39, 0.29) is 18.6 Å². The zero-order chi connectivity index (χ0) is 42.2. The van der Waals surface area contributed by atoms with Gasteiger partial charge in [0.15, 0.2) is 0 Å². The van der Waals surface area contributed by atoms with Crippen LogP contribution in [0.15, 0.2) is 0 Å². The maximum atomic E-state index is 13.6. The Hall–Kier alpha value is -3.17. The van der Waals surface area contributed by atoms with E-state index in [2.05, 4.69) is 44.5 Å². The summed E-state index contributed by atoms with van der Waals surface area (Å²) in [4.78, 5) is 91.8. The lowest BCUT2D eigenvalue weighted by Gasteiger charge is -2.30. The van der Waals surface area contributed by atoms with Crippen molar-refractivity contribution in [2.75, 3.05) is 30.9 Å². The maximum Gasteiger partial charge on any atom is 0.326 e. The zero-order valence-corrected chi connectivity index (χ0v) is 34.8. The lowest BCUT2D eigenvalue weighted by Crippen LogP contribution is -2.62. The number of unbranched alkanes of at least 4 members (excludes halogenated alkanes) is 2. The van der Waals surface area contributed by atoms with E-state index in [0.717, 1.165) is 0 Å². The van der Waals surface area contributed by atoms with Gasteiger partial charge >= 0.3 is 5.97 Å². The molecule has 0 aliphatic carbocycles. The first-order chi connectivity index (χ1) is 25.9. The minimum absolute atomic E-state index is 0.102. The van der Waals surface area contributed by atoms with Gasteiger partial charge in [0.05, 0.1) is 12.1 Å². The van der Waals surface area contributed by atoms with Gasteiger partial charge in [0, 0.05) is 5.75 Å². The highest BCUT2D eigenvalue weighted by Crippen LogP contribution is 2.12. The third-order valence-electron chi connectivity index (χ3n) is 9.03. The monoisotopic (exact) mass is 821 g/mol. The summed E-state index contributed by atoms with van der Waals surface area (Å²) in [5.74, 6) is -6.20. The molecule has 0 heterocycles. The lowest BCUT2D eigenvalue weighted by atomic mass is 9.96. The number of thiol groups is 1. The average Bonchev–Trinajstić information content (AvgIpc) is 3.13. The number of amides is 6. The van der Waals surface area contributed by atoms with E-state index in [1.54, 1.807) is 20.8 Å². The Morgan fingerprint density at radius 3 is 1.60 bits per heavy atom. The number of rotatable bonds is 29. The molecule has 0 bridgehead atoms. The number of carboxylic acid groups (broad SMARTS) is 1. The first kappa shape index (κ1) is 51.8. The van der Waals surface area contributed by atoms with Crippen molar-refractivity contribution in [1.82, 2.24) is 31.9 Å². The second-order valence-corrected chi connectivity index (χ2v) is 15.3. The Morgan fingerprint density at radius 1 is 0.636 bits per heavy atom. The Kier molecular flexibility index (Phi) is 26.6. The van der Waals surface area contributed by atoms with Gasteiger partial charge in [-0.05, 0) is 82.4 Å². The predicted octanol–water partition coefficient (Wildman–Crippen LogP) is -1.67. The highest BCUT2D eigenvalue weighted by molar-refractivity contribution is 7.98. The third-order valence-corrected chi connectivity index (χ3v) is 10.0. The van der Waals surface area contributed by atoms with Crippen molar-refractivity contribution in [2.24, 2.45) is 29.0 Å². The van der Waals surface area contributed by atoms with Crippen molar-refractivity contribution in [3.63, 3.8) is 0 Å². The number of carbonyl (C=O) groups excluding carboxylic acids is 6. The summed E-state index contributed by atoms with van der Waals surface area (Å²) < 4.78 is 0. The molecule has 9 unspecified atom stereocenters. The number of nitrogens with two attached hydrogens (primary N) is 3. The molecule has 6 amide bonds. The molecular formula is C35H67N9O9S2. The van der Waals surface area contributed by atoms with Gasteiger partial charge in [-0.3, -0.25) is 28.8 Å². The van der Waals surface area contributed by atoms with E-state index >= 15 is 0 Å². The quantitative estimate of drug-likeness (QED) is 0.0297. The summed E-state index contributed by atoms with van der Waals surface area (Å²) >= 11 is 5.67. The van der Waals surface area contributed by atoms with E-state index in [1.165, 1.54) is 18.7 Å². The fourth-order valence-corrected chi connectivity index (χ4v) is 6.01. The van der Waals surface area contributed by atoms with Crippen LogP contribution in [0.3, 0.4) is 0 Å². The Balaban J connectivity index is 6.00. The van der Waals surface area contributed by atoms with Crippen LogP contribution in [0.4, 0.5) is 0 Å². The van der Waals surface area contributed by atoms with E-state index in [1.807, 2.05) is 13.2 Å². The number of thioether (sulfide) groups is 1. The largest absolute Gasteiger partial charge is 0.480 e. The third kappa shape index (κ3) is 19.5. The number of aliphatic carboxylic acids is 1. The van der Waals surface area contributed by atoms with Crippen LogP contribution >= 0.6 is 24.4 Å². The number of carbonyl (C=O) groups is 7.